The molecule has 25 heavy (non-hydrogen) atoms. The van der Waals surface area contributed by atoms with E-state index >= 15 is 0 Å². The standard InChI is InChI=1S/C19H22F2N2O2/c1-13-4-5-14(2)17(10-13)22-18(24)12-23(3)11-15-6-8-16(9-7-15)25-19(20)21/h4-10,19H,11-12H2,1-3H3,(H,22,24)/p+1. The lowest BCUT2D eigenvalue weighted by Crippen LogP contribution is -3.08. The van der Waals surface area contributed by atoms with Crippen molar-refractivity contribution in [3.05, 3.63) is 59.2 Å². The van der Waals surface area contributed by atoms with Gasteiger partial charge in [0.2, 0.25) is 0 Å². The van der Waals surface area contributed by atoms with Gasteiger partial charge in [-0.05, 0) is 55.3 Å². The first-order valence-electron chi connectivity index (χ1n) is 8.05. The van der Waals surface area contributed by atoms with E-state index in [-0.39, 0.29) is 11.7 Å². The van der Waals surface area contributed by atoms with Crippen LogP contribution in [0.2, 0.25) is 0 Å². The highest BCUT2D eigenvalue weighted by molar-refractivity contribution is 5.92. The SMILES string of the molecule is Cc1ccc(C)c(NC(=O)C[NH+](C)Cc2ccc(OC(F)F)cc2)c1. The number of ether oxygens (including phenoxy) is 1. The number of halogens is 2. The Hall–Kier alpha value is -2.47. The fourth-order valence-electron chi connectivity index (χ4n) is 2.54. The first kappa shape index (κ1) is 18.9. The first-order chi connectivity index (χ1) is 11.8. The number of rotatable bonds is 7. The van der Waals surface area contributed by atoms with E-state index in [1.807, 2.05) is 39.1 Å². The van der Waals surface area contributed by atoms with Gasteiger partial charge in [-0.15, -0.1) is 0 Å². The number of hydrogen-bond donors (Lipinski definition) is 2. The molecule has 4 nitrogen and oxygen atoms in total. The third-order valence-corrected chi connectivity index (χ3v) is 3.78. The summed E-state index contributed by atoms with van der Waals surface area (Å²) in [5.41, 5.74) is 3.88. The van der Waals surface area contributed by atoms with Crippen molar-refractivity contribution in [2.45, 2.75) is 27.0 Å². The largest absolute Gasteiger partial charge is 0.435 e. The summed E-state index contributed by atoms with van der Waals surface area (Å²) in [6.07, 6.45) is 0. The molecule has 0 aliphatic rings. The highest BCUT2D eigenvalue weighted by Crippen LogP contribution is 2.16. The Balaban J connectivity index is 1.87. The normalized spacial score (nSPS) is 12.1. The number of alkyl halides is 2. The molecule has 2 rings (SSSR count). The fourth-order valence-corrected chi connectivity index (χ4v) is 2.54. The Morgan fingerprint density at radius 2 is 1.84 bits per heavy atom. The number of aryl methyl sites for hydroxylation is 2. The van der Waals surface area contributed by atoms with Crippen LogP contribution in [0.25, 0.3) is 0 Å². The Bertz CT molecular complexity index is 718. The topological polar surface area (TPSA) is 42.8 Å². The average Bonchev–Trinajstić information content (AvgIpc) is 2.52. The number of nitrogens with one attached hydrogen (secondary N) is 2. The van der Waals surface area contributed by atoms with Crippen molar-refractivity contribution >= 4 is 11.6 Å². The molecule has 0 fully saturated rings. The van der Waals surface area contributed by atoms with Gasteiger partial charge in [-0.2, -0.15) is 8.78 Å². The fraction of sp³-hybridized carbons (Fsp3) is 0.316. The summed E-state index contributed by atoms with van der Waals surface area (Å²) in [6, 6.07) is 12.4. The van der Waals surface area contributed by atoms with Gasteiger partial charge < -0.3 is 15.0 Å². The Labute approximate surface area is 146 Å². The zero-order valence-corrected chi connectivity index (χ0v) is 14.6. The van der Waals surface area contributed by atoms with Crippen molar-refractivity contribution in [1.29, 1.82) is 0 Å². The van der Waals surface area contributed by atoms with Gasteiger partial charge in [-0.25, -0.2) is 0 Å². The number of carbonyl (C=O) groups is 1. The molecule has 0 bridgehead atoms. The third-order valence-electron chi connectivity index (χ3n) is 3.78. The summed E-state index contributed by atoms with van der Waals surface area (Å²) in [5, 5.41) is 2.94. The van der Waals surface area contributed by atoms with Gasteiger partial charge in [0.05, 0.1) is 7.05 Å². The number of benzene rings is 2. The van der Waals surface area contributed by atoms with Gasteiger partial charge in [0.25, 0.3) is 5.91 Å². The van der Waals surface area contributed by atoms with Crippen LogP contribution in [0.3, 0.4) is 0 Å². The summed E-state index contributed by atoms with van der Waals surface area (Å²) in [6.45, 7) is 2.02. The molecule has 0 saturated carbocycles. The van der Waals surface area contributed by atoms with Gasteiger partial charge in [0, 0.05) is 11.3 Å². The molecule has 0 radical (unpaired) electrons. The minimum absolute atomic E-state index is 0.0659. The predicted octanol–water partition coefficient (Wildman–Crippen LogP) is 2.56. The molecule has 134 valence electrons. The lowest BCUT2D eigenvalue weighted by Gasteiger charge is -2.15. The summed E-state index contributed by atoms with van der Waals surface area (Å²) in [5.74, 6) is 0.0629. The van der Waals surface area contributed by atoms with Crippen LogP contribution in [-0.2, 0) is 11.3 Å². The second-order valence-corrected chi connectivity index (χ2v) is 6.20. The first-order valence-corrected chi connectivity index (χ1v) is 8.05. The molecular formula is C19H23F2N2O2+. The van der Waals surface area contributed by atoms with Crippen LogP contribution < -0.4 is 15.0 Å². The molecule has 0 saturated heterocycles. The predicted molar refractivity (Wildman–Crippen MR) is 93.1 cm³/mol. The zero-order chi connectivity index (χ0) is 18.4. The minimum atomic E-state index is -2.83. The number of amides is 1. The highest BCUT2D eigenvalue weighted by atomic mass is 19.3. The van der Waals surface area contributed by atoms with E-state index in [4.69, 9.17) is 0 Å². The molecule has 2 aromatic rings. The van der Waals surface area contributed by atoms with Gasteiger partial charge in [0.1, 0.15) is 12.3 Å². The van der Waals surface area contributed by atoms with E-state index in [0.29, 0.717) is 13.1 Å². The molecule has 0 heterocycles. The van der Waals surface area contributed by atoms with Crippen LogP contribution >= 0.6 is 0 Å². The van der Waals surface area contributed by atoms with E-state index in [0.717, 1.165) is 27.3 Å². The second-order valence-electron chi connectivity index (χ2n) is 6.20. The van der Waals surface area contributed by atoms with E-state index < -0.39 is 6.61 Å². The smallest absolute Gasteiger partial charge is 0.387 e. The molecular weight excluding hydrogens is 326 g/mol. The molecule has 0 aromatic heterocycles. The van der Waals surface area contributed by atoms with Crippen LogP contribution in [0.1, 0.15) is 16.7 Å². The van der Waals surface area contributed by atoms with Crippen molar-refractivity contribution in [1.82, 2.24) is 0 Å². The van der Waals surface area contributed by atoms with Crippen molar-refractivity contribution in [3.8, 4) is 5.75 Å². The van der Waals surface area contributed by atoms with Crippen LogP contribution in [0, 0.1) is 13.8 Å². The maximum atomic E-state index is 12.2. The molecule has 2 N–H and O–H groups in total. The van der Waals surface area contributed by atoms with Crippen LogP contribution in [0.15, 0.2) is 42.5 Å². The van der Waals surface area contributed by atoms with E-state index in [1.165, 1.54) is 12.1 Å². The number of hydrogen-bond acceptors (Lipinski definition) is 2. The Kier molecular flexibility index (Phi) is 6.47. The molecule has 0 spiro atoms. The van der Waals surface area contributed by atoms with Crippen molar-refractivity contribution in [3.63, 3.8) is 0 Å². The summed E-state index contributed by atoms with van der Waals surface area (Å²) in [4.78, 5) is 13.2. The monoisotopic (exact) mass is 349 g/mol. The maximum Gasteiger partial charge on any atom is 0.387 e. The van der Waals surface area contributed by atoms with Gasteiger partial charge in [-0.3, -0.25) is 4.79 Å². The lowest BCUT2D eigenvalue weighted by atomic mass is 10.1. The van der Waals surface area contributed by atoms with Crippen molar-refractivity contribution in [2.24, 2.45) is 0 Å². The molecule has 1 amide bonds. The number of quaternary nitrogens is 1. The minimum Gasteiger partial charge on any atom is -0.435 e. The van der Waals surface area contributed by atoms with Crippen LogP contribution in [0.4, 0.5) is 14.5 Å². The number of carbonyl (C=O) groups excluding carboxylic acids is 1. The van der Waals surface area contributed by atoms with E-state index in [9.17, 15) is 13.6 Å². The van der Waals surface area contributed by atoms with Crippen LogP contribution in [0.5, 0.6) is 5.75 Å². The Morgan fingerprint density at radius 3 is 2.48 bits per heavy atom. The summed E-state index contributed by atoms with van der Waals surface area (Å²) >= 11 is 0. The molecule has 1 unspecified atom stereocenters. The number of likely N-dealkylation sites (N-methyl/N-ethyl adjacent to an activating group) is 1. The molecule has 1 atom stereocenters. The molecule has 0 aliphatic heterocycles. The summed E-state index contributed by atoms with van der Waals surface area (Å²) in [7, 11) is 1.91. The average molecular weight is 349 g/mol. The molecule has 0 aliphatic carbocycles. The van der Waals surface area contributed by atoms with Crippen molar-refractivity contribution < 1.29 is 23.2 Å². The quantitative estimate of drug-likeness (QED) is 0.807. The second kappa shape index (κ2) is 8.58. The van der Waals surface area contributed by atoms with Crippen molar-refractivity contribution in [2.75, 3.05) is 18.9 Å². The third kappa shape index (κ3) is 6.15. The zero-order valence-electron chi connectivity index (χ0n) is 14.6. The Morgan fingerprint density at radius 1 is 1.16 bits per heavy atom. The van der Waals surface area contributed by atoms with Crippen LogP contribution in [-0.4, -0.2) is 26.1 Å². The highest BCUT2D eigenvalue weighted by Gasteiger charge is 2.12. The lowest BCUT2D eigenvalue weighted by molar-refractivity contribution is -0.885. The van der Waals surface area contributed by atoms with Gasteiger partial charge in [0.15, 0.2) is 6.54 Å². The maximum absolute atomic E-state index is 12.2. The molecule has 2 aromatic carbocycles. The van der Waals surface area contributed by atoms with E-state index in [2.05, 4.69) is 10.1 Å². The number of anilines is 1. The summed E-state index contributed by atoms with van der Waals surface area (Å²) < 4.78 is 28.6. The van der Waals surface area contributed by atoms with Gasteiger partial charge >= 0.3 is 6.61 Å². The van der Waals surface area contributed by atoms with Gasteiger partial charge in [-0.1, -0.05) is 12.1 Å². The molecule has 6 heteroatoms. The van der Waals surface area contributed by atoms with E-state index in [1.54, 1.807) is 12.1 Å².